The van der Waals surface area contributed by atoms with Crippen LogP contribution < -0.4 is 9.64 Å². The summed E-state index contributed by atoms with van der Waals surface area (Å²) in [5.74, 6) is 0.289. The van der Waals surface area contributed by atoms with E-state index in [1.54, 1.807) is 24.1 Å². The Morgan fingerprint density at radius 1 is 1.32 bits per heavy atom. The minimum absolute atomic E-state index is 0.0546. The van der Waals surface area contributed by atoms with Crippen LogP contribution in [0.4, 0.5) is 13.9 Å². The molecule has 0 saturated carbocycles. The Bertz CT molecular complexity index is 770. The maximum Gasteiger partial charge on any atom is 0.387 e. The summed E-state index contributed by atoms with van der Waals surface area (Å²) < 4.78 is 34.7. The molecule has 1 aliphatic heterocycles. The Labute approximate surface area is 169 Å². The van der Waals surface area contributed by atoms with E-state index in [0.29, 0.717) is 19.8 Å². The monoisotopic (exact) mass is 430 g/mol. The fourth-order valence-electron chi connectivity index (χ4n) is 2.52. The van der Waals surface area contributed by atoms with Crippen molar-refractivity contribution in [3.63, 3.8) is 0 Å². The SMILES string of the molecule is CN(Cc1ccc(OC(F)F)cc1)C(=O)CSc1nnc(N2CCOCC2)s1. The molecule has 2 aromatic rings. The lowest BCUT2D eigenvalue weighted by Crippen LogP contribution is -2.36. The summed E-state index contributed by atoms with van der Waals surface area (Å²) in [5, 5.41) is 9.18. The van der Waals surface area contributed by atoms with Crippen molar-refractivity contribution in [1.82, 2.24) is 15.1 Å². The molecule has 28 heavy (non-hydrogen) atoms. The number of benzene rings is 1. The minimum Gasteiger partial charge on any atom is -0.435 e. The second-order valence-electron chi connectivity index (χ2n) is 6.01. The number of ether oxygens (including phenoxy) is 2. The van der Waals surface area contributed by atoms with E-state index < -0.39 is 6.61 Å². The van der Waals surface area contributed by atoms with Gasteiger partial charge in [-0.1, -0.05) is 35.2 Å². The lowest BCUT2D eigenvalue weighted by atomic mass is 10.2. The molecule has 0 unspecified atom stereocenters. The molecule has 7 nitrogen and oxygen atoms in total. The molecule has 1 aliphatic rings. The molecule has 0 N–H and O–H groups in total. The van der Waals surface area contributed by atoms with Crippen LogP contribution in [0.1, 0.15) is 5.56 Å². The van der Waals surface area contributed by atoms with Gasteiger partial charge in [-0.2, -0.15) is 8.78 Å². The maximum atomic E-state index is 12.4. The van der Waals surface area contributed by atoms with Crippen molar-refractivity contribution >= 4 is 34.1 Å². The molecule has 1 amide bonds. The zero-order valence-corrected chi connectivity index (χ0v) is 16.8. The fourth-order valence-corrected chi connectivity index (χ4v) is 4.35. The zero-order valence-electron chi connectivity index (χ0n) is 15.2. The average molecular weight is 431 g/mol. The molecule has 1 aromatic heterocycles. The highest BCUT2D eigenvalue weighted by atomic mass is 32.2. The first-order valence-electron chi connectivity index (χ1n) is 8.58. The van der Waals surface area contributed by atoms with E-state index >= 15 is 0 Å². The second-order valence-corrected chi connectivity index (χ2v) is 8.19. The van der Waals surface area contributed by atoms with Crippen molar-refractivity contribution in [3.05, 3.63) is 29.8 Å². The largest absolute Gasteiger partial charge is 0.435 e. The van der Waals surface area contributed by atoms with Crippen LogP contribution in [0.25, 0.3) is 0 Å². The molecule has 2 heterocycles. The number of amides is 1. The Morgan fingerprint density at radius 3 is 2.71 bits per heavy atom. The molecular formula is C17H20F2N4O3S2. The number of morpholine rings is 1. The Hall–Kier alpha value is -1.98. The number of anilines is 1. The van der Waals surface area contributed by atoms with Crippen LogP contribution in [-0.4, -0.2) is 66.7 Å². The number of carbonyl (C=O) groups excluding carboxylic acids is 1. The average Bonchev–Trinajstić information content (AvgIpc) is 3.17. The number of rotatable bonds is 8. The van der Waals surface area contributed by atoms with Gasteiger partial charge in [0.05, 0.1) is 19.0 Å². The zero-order chi connectivity index (χ0) is 19.9. The van der Waals surface area contributed by atoms with Crippen molar-refractivity contribution in [2.45, 2.75) is 17.5 Å². The van der Waals surface area contributed by atoms with Crippen LogP contribution in [0.2, 0.25) is 0 Å². The first-order chi connectivity index (χ1) is 13.5. The summed E-state index contributed by atoms with van der Waals surface area (Å²) in [6.07, 6.45) is 0. The summed E-state index contributed by atoms with van der Waals surface area (Å²) in [6, 6.07) is 6.24. The van der Waals surface area contributed by atoms with Crippen molar-refractivity contribution in [1.29, 1.82) is 0 Å². The number of halogens is 2. The fraction of sp³-hybridized carbons (Fsp3) is 0.471. The summed E-state index contributed by atoms with van der Waals surface area (Å²) in [6.45, 7) is 0.478. The van der Waals surface area contributed by atoms with E-state index in [1.165, 1.54) is 35.2 Å². The number of hydrogen-bond acceptors (Lipinski definition) is 8. The van der Waals surface area contributed by atoms with Gasteiger partial charge in [0, 0.05) is 26.7 Å². The van der Waals surface area contributed by atoms with Gasteiger partial charge < -0.3 is 19.3 Å². The van der Waals surface area contributed by atoms with Gasteiger partial charge in [0.2, 0.25) is 11.0 Å². The van der Waals surface area contributed by atoms with Crippen LogP contribution in [-0.2, 0) is 16.1 Å². The number of thioether (sulfide) groups is 1. The number of carbonyl (C=O) groups is 1. The highest BCUT2D eigenvalue weighted by molar-refractivity contribution is 8.01. The molecule has 0 aliphatic carbocycles. The molecule has 1 fully saturated rings. The van der Waals surface area contributed by atoms with Crippen LogP contribution in [0.15, 0.2) is 28.6 Å². The van der Waals surface area contributed by atoms with Gasteiger partial charge in [-0.05, 0) is 17.7 Å². The van der Waals surface area contributed by atoms with Crippen LogP contribution in [0.5, 0.6) is 5.75 Å². The van der Waals surface area contributed by atoms with Gasteiger partial charge in [-0.15, -0.1) is 10.2 Å². The van der Waals surface area contributed by atoms with Gasteiger partial charge >= 0.3 is 6.61 Å². The maximum absolute atomic E-state index is 12.4. The molecule has 152 valence electrons. The van der Waals surface area contributed by atoms with Crippen LogP contribution in [0.3, 0.4) is 0 Å². The highest BCUT2D eigenvalue weighted by Crippen LogP contribution is 2.28. The van der Waals surface area contributed by atoms with Gasteiger partial charge in [-0.25, -0.2) is 0 Å². The van der Waals surface area contributed by atoms with E-state index in [-0.39, 0.29) is 17.4 Å². The number of nitrogens with zero attached hydrogens (tertiary/aromatic N) is 4. The summed E-state index contributed by atoms with van der Waals surface area (Å²) in [7, 11) is 1.70. The van der Waals surface area contributed by atoms with Crippen LogP contribution in [0, 0.1) is 0 Å². The van der Waals surface area contributed by atoms with E-state index in [1.807, 2.05) is 0 Å². The number of alkyl halides is 2. The Kier molecular flexibility index (Phi) is 7.40. The van der Waals surface area contributed by atoms with Crippen LogP contribution >= 0.6 is 23.1 Å². The third-order valence-electron chi connectivity index (χ3n) is 3.99. The Morgan fingerprint density at radius 2 is 2.04 bits per heavy atom. The summed E-state index contributed by atoms with van der Waals surface area (Å²) >= 11 is 2.82. The minimum atomic E-state index is -2.85. The first kappa shape index (κ1) is 20.7. The van der Waals surface area contributed by atoms with E-state index in [9.17, 15) is 13.6 Å². The molecule has 1 saturated heterocycles. The third-order valence-corrected chi connectivity index (χ3v) is 6.09. The number of hydrogen-bond donors (Lipinski definition) is 0. The van der Waals surface area contributed by atoms with E-state index in [0.717, 1.165) is 28.1 Å². The molecule has 1 aromatic carbocycles. The van der Waals surface area contributed by atoms with Crippen molar-refractivity contribution < 1.29 is 23.0 Å². The molecule has 0 atom stereocenters. The Balaban J connectivity index is 1.46. The smallest absolute Gasteiger partial charge is 0.387 e. The van der Waals surface area contributed by atoms with E-state index in [4.69, 9.17) is 4.74 Å². The molecule has 0 bridgehead atoms. The molecule has 11 heteroatoms. The molecule has 0 spiro atoms. The van der Waals surface area contributed by atoms with Crippen molar-refractivity contribution in [3.8, 4) is 5.75 Å². The molecular weight excluding hydrogens is 410 g/mol. The van der Waals surface area contributed by atoms with Crippen molar-refractivity contribution in [2.75, 3.05) is 44.0 Å². The topological polar surface area (TPSA) is 67.8 Å². The van der Waals surface area contributed by atoms with Gasteiger partial charge in [-0.3, -0.25) is 4.79 Å². The van der Waals surface area contributed by atoms with E-state index in [2.05, 4.69) is 19.8 Å². The van der Waals surface area contributed by atoms with Gasteiger partial charge in [0.25, 0.3) is 0 Å². The number of aromatic nitrogens is 2. The summed E-state index contributed by atoms with van der Waals surface area (Å²) in [5.41, 5.74) is 0.827. The lowest BCUT2D eigenvalue weighted by molar-refractivity contribution is -0.127. The summed E-state index contributed by atoms with van der Waals surface area (Å²) in [4.78, 5) is 16.1. The predicted octanol–water partition coefficient (Wildman–Crippen LogP) is 2.73. The predicted molar refractivity (Wildman–Crippen MR) is 103 cm³/mol. The van der Waals surface area contributed by atoms with Gasteiger partial charge in [0.1, 0.15) is 5.75 Å². The highest BCUT2D eigenvalue weighted by Gasteiger charge is 2.17. The van der Waals surface area contributed by atoms with Crippen molar-refractivity contribution in [2.24, 2.45) is 0 Å². The first-order valence-corrected chi connectivity index (χ1v) is 10.4. The normalized spacial score (nSPS) is 14.4. The van der Waals surface area contributed by atoms with Gasteiger partial charge in [0.15, 0.2) is 4.34 Å². The molecule has 0 radical (unpaired) electrons. The third kappa shape index (κ3) is 6.01. The standard InChI is InChI=1S/C17H20F2N4O3S2/c1-22(10-12-2-4-13(5-3-12)26-15(18)19)14(24)11-27-17-21-20-16(28-17)23-6-8-25-9-7-23/h2-5,15H,6-11H2,1H3. The second kappa shape index (κ2) is 9.99. The lowest BCUT2D eigenvalue weighted by Gasteiger charge is -2.25. The quantitative estimate of drug-likeness (QED) is 0.597. The molecule has 3 rings (SSSR count).